The highest BCUT2D eigenvalue weighted by Gasteiger charge is 2.16. The fraction of sp³-hybridized carbons (Fsp3) is 0.250. The van der Waals surface area contributed by atoms with Gasteiger partial charge in [-0.15, -0.1) is 0 Å². The molecule has 0 fully saturated rings. The molecular weight excluding hydrogens is 228 g/mol. The predicted molar refractivity (Wildman–Crippen MR) is 61.3 cm³/mol. The van der Waals surface area contributed by atoms with Crippen LogP contribution >= 0.6 is 0 Å². The second-order valence-electron chi connectivity index (χ2n) is 2.99. The quantitative estimate of drug-likeness (QED) is 0.307. The van der Waals surface area contributed by atoms with E-state index in [4.69, 9.17) is 5.84 Å². The zero-order valence-electron chi connectivity index (χ0n) is 9.06. The Balaban J connectivity index is 2.93. The number of pyridine rings is 1. The second kappa shape index (κ2) is 5.61. The van der Waals surface area contributed by atoms with E-state index < -0.39 is 4.92 Å². The van der Waals surface area contributed by atoms with Crippen molar-refractivity contribution in [2.75, 3.05) is 24.3 Å². The minimum atomic E-state index is -0.598. The van der Waals surface area contributed by atoms with Gasteiger partial charge in [0.25, 0.3) is 0 Å². The lowest BCUT2D eigenvalue weighted by molar-refractivity contribution is -0.384. The van der Waals surface area contributed by atoms with Crippen LogP contribution in [0.5, 0.6) is 0 Å². The maximum Gasteiger partial charge on any atom is 0.311 e. The standard InChI is InChI=1S/C8H12N6O3/c1-10-7(15)4-11-8-5(14(16)17)2-3-6(12-8)13-9/h2-3H,4,9H2,1H3,(H,10,15)(H2,11,12,13). The maximum absolute atomic E-state index is 11.0. The molecule has 17 heavy (non-hydrogen) atoms. The van der Waals surface area contributed by atoms with E-state index >= 15 is 0 Å². The largest absolute Gasteiger partial charge is 0.358 e. The van der Waals surface area contributed by atoms with Crippen molar-refractivity contribution in [2.45, 2.75) is 0 Å². The van der Waals surface area contributed by atoms with E-state index in [0.717, 1.165) is 0 Å². The van der Waals surface area contributed by atoms with E-state index in [2.05, 4.69) is 21.0 Å². The van der Waals surface area contributed by atoms with Crippen LogP contribution in [-0.2, 0) is 4.79 Å². The van der Waals surface area contributed by atoms with Crippen LogP contribution < -0.4 is 21.9 Å². The summed E-state index contributed by atoms with van der Waals surface area (Å²) in [4.78, 5) is 25.0. The summed E-state index contributed by atoms with van der Waals surface area (Å²) in [6.45, 7) is -0.113. The number of hydrazine groups is 1. The lowest BCUT2D eigenvalue weighted by Crippen LogP contribution is -2.26. The third kappa shape index (κ3) is 3.28. The first-order valence-corrected chi connectivity index (χ1v) is 4.65. The van der Waals surface area contributed by atoms with Gasteiger partial charge in [0.15, 0.2) is 0 Å². The van der Waals surface area contributed by atoms with Crippen molar-refractivity contribution in [1.29, 1.82) is 0 Å². The summed E-state index contributed by atoms with van der Waals surface area (Å²) in [5, 5.41) is 15.6. The van der Waals surface area contributed by atoms with Gasteiger partial charge in [-0.25, -0.2) is 10.8 Å². The summed E-state index contributed by atoms with van der Waals surface area (Å²) in [6, 6.07) is 2.61. The van der Waals surface area contributed by atoms with Crippen molar-refractivity contribution < 1.29 is 9.72 Å². The highest BCUT2D eigenvalue weighted by molar-refractivity contribution is 5.80. The molecule has 0 aliphatic heterocycles. The molecule has 0 bridgehead atoms. The fourth-order valence-electron chi connectivity index (χ4n) is 1.06. The van der Waals surface area contributed by atoms with Gasteiger partial charge in [0, 0.05) is 13.1 Å². The van der Waals surface area contributed by atoms with Crippen LogP contribution in [0.4, 0.5) is 17.3 Å². The number of hydrogen-bond donors (Lipinski definition) is 4. The number of hydrogen-bond acceptors (Lipinski definition) is 7. The minimum absolute atomic E-state index is 0.0194. The number of nitrogens with zero attached hydrogens (tertiary/aromatic N) is 2. The second-order valence-corrected chi connectivity index (χ2v) is 2.99. The van der Waals surface area contributed by atoms with E-state index in [1.54, 1.807) is 0 Å². The Morgan fingerprint density at radius 1 is 1.59 bits per heavy atom. The van der Waals surface area contributed by atoms with Crippen LogP contribution in [0.25, 0.3) is 0 Å². The molecule has 9 nitrogen and oxygen atoms in total. The number of likely N-dealkylation sites (N-methyl/N-ethyl adjacent to an activating group) is 1. The first kappa shape index (κ1) is 12.6. The van der Waals surface area contributed by atoms with Crippen molar-refractivity contribution in [1.82, 2.24) is 10.3 Å². The molecule has 0 aliphatic carbocycles. The average molecular weight is 240 g/mol. The summed E-state index contributed by atoms with van der Waals surface area (Å²) in [5.74, 6) is 5.06. The van der Waals surface area contributed by atoms with Gasteiger partial charge in [-0.2, -0.15) is 0 Å². The predicted octanol–water partition coefficient (Wildman–Crippen LogP) is -0.567. The van der Waals surface area contributed by atoms with Crippen LogP contribution in [0.15, 0.2) is 12.1 Å². The van der Waals surface area contributed by atoms with E-state index in [-0.39, 0.29) is 29.8 Å². The van der Waals surface area contributed by atoms with Gasteiger partial charge in [0.1, 0.15) is 5.82 Å². The number of nitrogens with one attached hydrogen (secondary N) is 3. The third-order valence-electron chi connectivity index (χ3n) is 1.91. The number of nitrogens with two attached hydrogens (primary N) is 1. The zero-order chi connectivity index (χ0) is 12.8. The monoisotopic (exact) mass is 240 g/mol. The smallest absolute Gasteiger partial charge is 0.311 e. The minimum Gasteiger partial charge on any atom is -0.358 e. The molecule has 0 aliphatic rings. The lowest BCUT2D eigenvalue weighted by atomic mass is 10.3. The molecule has 0 atom stereocenters. The molecule has 92 valence electrons. The van der Waals surface area contributed by atoms with Crippen molar-refractivity contribution >= 4 is 23.2 Å². The van der Waals surface area contributed by atoms with Gasteiger partial charge < -0.3 is 16.1 Å². The lowest BCUT2D eigenvalue weighted by Gasteiger charge is -2.07. The van der Waals surface area contributed by atoms with Crippen molar-refractivity contribution in [2.24, 2.45) is 5.84 Å². The Bertz CT molecular complexity index is 435. The van der Waals surface area contributed by atoms with Gasteiger partial charge >= 0.3 is 5.69 Å². The van der Waals surface area contributed by atoms with Crippen LogP contribution in [-0.4, -0.2) is 29.4 Å². The molecule has 9 heteroatoms. The van der Waals surface area contributed by atoms with Gasteiger partial charge in [-0.05, 0) is 6.07 Å². The molecule has 0 radical (unpaired) electrons. The molecule has 1 aromatic rings. The number of amides is 1. The van der Waals surface area contributed by atoms with Gasteiger partial charge in [-0.3, -0.25) is 14.9 Å². The van der Waals surface area contributed by atoms with Crippen molar-refractivity contribution in [3.63, 3.8) is 0 Å². The first-order chi connectivity index (χ1) is 8.08. The Kier molecular flexibility index (Phi) is 4.17. The Hall–Kier alpha value is -2.42. The van der Waals surface area contributed by atoms with Crippen LogP contribution in [0.3, 0.4) is 0 Å². The molecule has 5 N–H and O–H groups in total. The third-order valence-corrected chi connectivity index (χ3v) is 1.91. The number of aromatic nitrogens is 1. The number of nitro groups is 1. The summed E-state index contributed by atoms with van der Waals surface area (Å²) >= 11 is 0. The fourth-order valence-corrected chi connectivity index (χ4v) is 1.06. The van der Waals surface area contributed by atoms with E-state index in [0.29, 0.717) is 0 Å². The Morgan fingerprint density at radius 2 is 2.29 bits per heavy atom. The molecule has 1 aromatic heterocycles. The number of carbonyl (C=O) groups is 1. The SMILES string of the molecule is CNC(=O)CNc1nc(NN)ccc1[N+](=O)[O-]. The Morgan fingerprint density at radius 3 is 2.82 bits per heavy atom. The molecule has 0 spiro atoms. The normalized spacial score (nSPS) is 9.53. The van der Waals surface area contributed by atoms with Crippen molar-refractivity contribution in [3.8, 4) is 0 Å². The molecule has 1 amide bonds. The highest BCUT2D eigenvalue weighted by Crippen LogP contribution is 2.23. The van der Waals surface area contributed by atoms with Gasteiger partial charge in [0.2, 0.25) is 11.7 Å². The van der Waals surface area contributed by atoms with Crippen LogP contribution in [0, 0.1) is 10.1 Å². The average Bonchev–Trinajstić information content (AvgIpc) is 2.35. The molecule has 0 unspecified atom stereocenters. The van der Waals surface area contributed by atoms with Gasteiger partial charge in [-0.1, -0.05) is 0 Å². The number of rotatable bonds is 5. The maximum atomic E-state index is 11.0. The number of carbonyl (C=O) groups excluding carboxylic acids is 1. The number of anilines is 2. The van der Waals surface area contributed by atoms with Crippen LogP contribution in [0.2, 0.25) is 0 Å². The zero-order valence-corrected chi connectivity index (χ0v) is 9.06. The molecular formula is C8H12N6O3. The molecule has 0 saturated carbocycles. The number of nitrogen functional groups attached to an aromatic ring is 1. The molecule has 0 aromatic carbocycles. The summed E-state index contributed by atoms with van der Waals surface area (Å²) in [6.07, 6.45) is 0. The Labute approximate surface area is 96.5 Å². The topological polar surface area (TPSA) is 135 Å². The summed E-state index contributed by atoms with van der Waals surface area (Å²) < 4.78 is 0. The summed E-state index contributed by atoms with van der Waals surface area (Å²) in [7, 11) is 1.46. The molecule has 0 saturated heterocycles. The summed E-state index contributed by atoms with van der Waals surface area (Å²) in [5.41, 5.74) is 2.03. The highest BCUT2D eigenvalue weighted by atomic mass is 16.6. The van der Waals surface area contributed by atoms with E-state index in [1.807, 2.05) is 0 Å². The van der Waals surface area contributed by atoms with Crippen LogP contribution in [0.1, 0.15) is 0 Å². The van der Waals surface area contributed by atoms with Gasteiger partial charge in [0.05, 0.1) is 11.5 Å². The molecule has 1 rings (SSSR count). The molecule has 1 heterocycles. The first-order valence-electron chi connectivity index (χ1n) is 4.65. The van der Waals surface area contributed by atoms with E-state index in [9.17, 15) is 14.9 Å². The van der Waals surface area contributed by atoms with E-state index in [1.165, 1.54) is 19.2 Å². The van der Waals surface area contributed by atoms with Crippen molar-refractivity contribution in [3.05, 3.63) is 22.2 Å².